The number of benzene rings is 3. The maximum absolute atomic E-state index is 9.76. The van der Waals surface area contributed by atoms with E-state index >= 15 is 0 Å². The molecule has 1 aliphatic carbocycles. The average molecular weight is 357 g/mol. The van der Waals surface area contributed by atoms with Crippen molar-refractivity contribution in [2.75, 3.05) is 6.61 Å². The van der Waals surface area contributed by atoms with Gasteiger partial charge in [0, 0.05) is 12.5 Å². The number of aliphatic hydroxyl groups is 1. The Morgan fingerprint density at radius 2 is 1.30 bits per heavy atom. The van der Waals surface area contributed by atoms with Crippen molar-refractivity contribution >= 4 is 0 Å². The van der Waals surface area contributed by atoms with Gasteiger partial charge < -0.3 is 5.11 Å². The molecular formula is C26H28O. The Kier molecular flexibility index (Phi) is 5.69. The van der Waals surface area contributed by atoms with Crippen molar-refractivity contribution in [2.24, 2.45) is 5.92 Å². The van der Waals surface area contributed by atoms with Crippen molar-refractivity contribution in [2.45, 2.75) is 38.0 Å². The van der Waals surface area contributed by atoms with Crippen molar-refractivity contribution in [3.05, 3.63) is 95.6 Å². The van der Waals surface area contributed by atoms with E-state index in [0.717, 1.165) is 12.8 Å². The molecule has 3 aromatic carbocycles. The van der Waals surface area contributed by atoms with Crippen molar-refractivity contribution in [1.29, 1.82) is 0 Å². The Morgan fingerprint density at radius 1 is 0.704 bits per heavy atom. The molecule has 4 rings (SSSR count). The van der Waals surface area contributed by atoms with Crippen molar-refractivity contribution < 1.29 is 5.11 Å². The molecule has 138 valence electrons. The van der Waals surface area contributed by atoms with E-state index in [1.165, 1.54) is 47.1 Å². The number of fused-ring (bicyclic) bond motifs is 3. The van der Waals surface area contributed by atoms with Gasteiger partial charge in [0.05, 0.1) is 0 Å². The lowest BCUT2D eigenvalue weighted by Gasteiger charge is -2.16. The molecule has 1 aliphatic rings. The summed E-state index contributed by atoms with van der Waals surface area (Å²) >= 11 is 0. The molecule has 1 atom stereocenters. The summed E-state index contributed by atoms with van der Waals surface area (Å²) in [5, 5.41) is 9.76. The second-order valence-corrected chi connectivity index (χ2v) is 7.75. The third kappa shape index (κ3) is 3.99. The molecule has 0 aliphatic heterocycles. The van der Waals surface area contributed by atoms with Gasteiger partial charge in [-0.05, 0) is 53.0 Å². The van der Waals surface area contributed by atoms with Gasteiger partial charge in [0.25, 0.3) is 0 Å². The summed E-state index contributed by atoms with van der Waals surface area (Å²) in [5.41, 5.74) is 7.13. The molecule has 0 aromatic heterocycles. The van der Waals surface area contributed by atoms with E-state index in [1.54, 1.807) is 0 Å². The fraction of sp³-hybridized carbons (Fsp3) is 0.308. The highest BCUT2D eigenvalue weighted by atomic mass is 16.3. The summed E-state index contributed by atoms with van der Waals surface area (Å²) in [7, 11) is 0. The minimum absolute atomic E-state index is 0.282. The van der Waals surface area contributed by atoms with Crippen LogP contribution in [0.2, 0.25) is 0 Å². The summed E-state index contributed by atoms with van der Waals surface area (Å²) in [6.07, 6.45) is 5.66. The number of hydrogen-bond donors (Lipinski definition) is 1. The lowest BCUT2D eigenvalue weighted by Crippen LogP contribution is -2.10. The van der Waals surface area contributed by atoms with Crippen LogP contribution in [-0.2, 0) is 6.42 Å². The third-order valence-corrected chi connectivity index (χ3v) is 5.94. The van der Waals surface area contributed by atoms with Crippen molar-refractivity contribution in [3.8, 4) is 11.1 Å². The molecule has 0 amide bonds. The van der Waals surface area contributed by atoms with Crippen LogP contribution in [0.5, 0.6) is 0 Å². The van der Waals surface area contributed by atoms with Crippen LogP contribution >= 0.6 is 0 Å². The second kappa shape index (κ2) is 8.54. The predicted molar refractivity (Wildman–Crippen MR) is 113 cm³/mol. The molecule has 1 nitrogen and oxygen atoms in total. The first-order chi connectivity index (χ1) is 13.4. The van der Waals surface area contributed by atoms with E-state index in [4.69, 9.17) is 0 Å². The number of aliphatic hydroxyl groups excluding tert-OH is 1. The topological polar surface area (TPSA) is 20.2 Å². The normalized spacial score (nSPS) is 14.0. The molecule has 0 heterocycles. The molecule has 0 spiro atoms. The van der Waals surface area contributed by atoms with Gasteiger partial charge in [-0.1, -0.05) is 91.7 Å². The van der Waals surface area contributed by atoms with Gasteiger partial charge in [0.2, 0.25) is 0 Å². The Hall–Kier alpha value is -2.38. The van der Waals surface area contributed by atoms with Crippen molar-refractivity contribution in [1.82, 2.24) is 0 Å². The monoisotopic (exact) mass is 356 g/mol. The highest BCUT2D eigenvalue weighted by molar-refractivity contribution is 5.78. The van der Waals surface area contributed by atoms with E-state index in [2.05, 4.69) is 78.9 Å². The first-order valence-corrected chi connectivity index (χ1v) is 10.2. The maximum Gasteiger partial charge on any atom is 0.0462 e. The molecule has 0 bridgehead atoms. The van der Waals surface area contributed by atoms with Crippen molar-refractivity contribution in [3.63, 3.8) is 0 Å². The molecule has 1 heteroatoms. The maximum atomic E-state index is 9.76. The van der Waals surface area contributed by atoms with Crippen LogP contribution in [0.25, 0.3) is 11.1 Å². The first-order valence-electron chi connectivity index (χ1n) is 10.2. The molecule has 1 N–H and O–H groups in total. The molecule has 1 unspecified atom stereocenters. The highest BCUT2D eigenvalue weighted by Crippen LogP contribution is 2.46. The van der Waals surface area contributed by atoms with Crippen LogP contribution in [0, 0.1) is 5.92 Å². The van der Waals surface area contributed by atoms with Crippen LogP contribution < -0.4 is 0 Å². The number of unbranched alkanes of at least 4 members (excludes halogenated alkanes) is 1. The molecular weight excluding hydrogens is 328 g/mol. The quantitative estimate of drug-likeness (QED) is 0.476. The van der Waals surface area contributed by atoms with Gasteiger partial charge >= 0.3 is 0 Å². The van der Waals surface area contributed by atoms with E-state index in [-0.39, 0.29) is 6.61 Å². The van der Waals surface area contributed by atoms with Gasteiger partial charge in [-0.15, -0.1) is 0 Å². The summed E-state index contributed by atoms with van der Waals surface area (Å²) in [6.45, 7) is 0.282. The molecule has 3 aromatic rings. The van der Waals surface area contributed by atoms with E-state index < -0.39 is 0 Å². The van der Waals surface area contributed by atoms with E-state index in [1.807, 2.05) is 0 Å². The Morgan fingerprint density at radius 3 is 1.93 bits per heavy atom. The van der Waals surface area contributed by atoms with Gasteiger partial charge in [-0.25, -0.2) is 0 Å². The van der Waals surface area contributed by atoms with Crippen LogP contribution in [0.4, 0.5) is 0 Å². The first kappa shape index (κ1) is 18.0. The van der Waals surface area contributed by atoms with Crippen LogP contribution in [0.1, 0.15) is 48.3 Å². The highest BCUT2D eigenvalue weighted by Gasteiger charge is 2.27. The third-order valence-electron chi connectivity index (χ3n) is 5.94. The van der Waals surface area contributed by atoms with Gasteiger partial charge in [0.15, 0.2) is 0 Å². The average Bonchev–Trinajstić information content (AvgIpc) is 3.05. The van der Waals surface area contributed by atoms with Crippen LogP contribution in [-0.4, -0.2) is 11.7 Å². The largest absolute Gasteiger partial charge is 0.396 e. The molecule has 27 heavy (non-hydrogen) atoms. The zero-order valence-electron chi connectivity index (χ0n) is 15.9. The van der Waals surface area contributed by atoms with Gasteiger partial charge in [0.1, 0.15) is 0 Å². The Balaban J connectivity index is 1.35. The lowest BCUT2D eigenvalue weighted by atomic mass is 9.89. The number of hydrogen-bond acceptors (Lipinski definition) is 1. The van der Waals surface area contributed by atoms with Gasteiger partial charge in [-0.2, -0.15) is 0 Å². The van der Waals surface area contributed by atoms with Crippen LogP contribution in [0.3, 0.4) is 0 Å². The molecule has 0 fully saturated rings. The van der Waals surface area contributed by atoms with E-state index in [9.17, 15) is 5.11 Å². The second-order valence-electron chi connectivity index (χ2n) is 7.75. The summed E-state index contributed by atoms with van der Waals surface area (Å²) < 4.78 is 0. The fourth-order valence-corrected chi connectivity index (χ4v) is 4.56. The zero-order chi connectivity index (χ0) is 18.5. The minimum atomic E-state index is 0.282. The van der Waals surface area contributed by atoms with Crippen LogP contribution in [0.15, 0.2) is 78.9 Å². The smallest absolute Gasteiger partial charge is 0.0462 e. The Bertz CT molecular complexity index is 823. The zero-order valence-corrected chi connectivity index (χ0v) is 15.9. The standard InChI is InChI=1S/C26H28O/c27-19-21(18-20-10-2-1-3-11-20)12-4-5-13-22-23-14-6-8-16-25(23)26-17-9-7-15-24(22)26/h1-3,6-11,14-17,21-22,27H,4-5,12-13,18-19H2. The van der Waals surface area contributed by atoms with Gasteiger partial charge in [-0.3, -0.25) is 0 Å². The summed E-state index contributed by atoms with van der Waals surface area (Å²) in [4.78, 5) is 0. The lowest BCUT2D eigenvalue weighted by molar-refractivity contribution is 0.214. The SMILES string of the molecule is OCC(CCCCC1c2ccccc2-c2ccccc21)Cc1ccccc1. The molecule has 0 radical (unpaired) electrons. The molecule has 0 saturated carbocycles. The summed E-state index contributed by atoms with van der Waals surface area (Å²) in [5.74, 6) is 0.898. The Labute approximate surface area is 162 Å². The predicted octanol–water partition coefficient (Wildman–Crippen LogP) is 6.21. The minimum Gasteiger partial charge on any atom is -0.396 e. The summed E-state index contributed by atoms with van der Waals surface area (Å²) in [6, 6.07) is 28.3. The molecule has 0 saturated heterocycles. The van der Waals surface area contributed by atoms with E-state index in [0.29, 0.717) is 11.8 Å². The fourth-order valence-electron chi connectivity index (χ4n) is 4.56. The number of rotatable bonds is 8.